The smallest absolute Gasteiger partial charge is 0.317 e. The van der Waals surface area contributed by atoms with E-state index < -0.39 is 0 Å². The molecular weight excluding hydrogens is 252 g/mol. The van der Waals surface area contributed by atoms with E-state index in [1.165, 1.54) is 0 Å². The van der Waals surface area contributed by atoms with Gasteiger partial charge in [0.1, 0.15) is 6.61 Å². The zero-order valence-corrected chi connectivity index (χ0v) is 12.1. The van der Waals surface area contributed by atoms with Crippen LogP contribution in [0.15, 0.2) is 24.3 Å². The lowest BCUT2D eigenvalue weighted by Gasteiger charge is -2.18. The minimum atomic E-state index is -0.165. The summed E-state index contributed by atoms with van der Waals surface area (Å²) in [6.07, 6.45) is 2.04. The first-order chi connectivity index (χ1) is 9.69. The molecule has 0 saturated heterocycles. The summed E-state index contributed by atoms with van der Waals surface area (Å²) in [6.45, 7) is 3.12. The summed E-state index contributed by atoms with van der Waals surface area (Å²) in [5.41, 5.74) is 1.82. The first-order valence-electron chi connectivity index (χ1n) is 6.85. The van der Waals surface area contributed by atoms with Gasteiger partial charge in [-0.2, -0.15) is 0 Å². The van der Waals surface area contributed by atoms with Crippen molar-refractivity contribution in [3.8, 4) is 11.8 Å². The number of amides is 2. The van der Waals surface area contributed by atoms with Crippen LogP contribution in [0, 0.1) is 11.8 Å². The quantitative estimate of drug-likeness (QED) is 0.637. The lowest BCUT2D eigenvalue weighted by Crippen LogP contribution is -2.37. The normalized spacial score (nSPS) is 9.55. The molecule has 2 amide bonds. The van der Waals surface area contributed by atoms with E-state index in [0.717, 1.165) is 24.0 Å². The first-order valence-corrected chi connectivity index (χ1v) is 6.85. The van der Waals surface area contributed by atoms with Crippen molar-refractivity contribution in [3.63, 3.8) is 0 Å². The molecule has 0 fully saturated rings. The summed E-state index contributed by atoms with van der Waals surface area (Å²) >= 11 is 0. The molecule has 1 rings (SSSR count). The molecule has 0 atom stereocenters. The predicted octanol–water partition coefficient (Wildman–Crippen LogP) is 1.97. The SMILES string of the molecule is CCCCNC(=O)N(C)Cc1ccccc1C#CCO. The van der Waals surface area contributed by atoms with Gasteiger partial charge in [0.2, 0.25) is 0 Å². The van der Waals surface area contributed by atoms with E-state index in [2.05, 4.69) is 24.1 Å². The Balaban J connectivity index is 2.65. The number of nitrogens with one attached hydrogen (secondary N) is 1. The van der Waals surface area contributed by atoms with Crippen molar-refractivity contribution < 1.29 is 9.90 Å². The van der Waals surface area contributed by atoms with Crippen molar-refractivity contribution in [1.29, 1.82) is 0 Å². The molecule has 4 heteroatoms. The number of nitrogens with zero attached hydrogens (tertiary/aromatic N) is 1. The minimum absolute atomic E-state index is 0.0802. The van der Waals surface area contributed by atoms with Crippen molar-refractivity contribution in [2.24, 2.45) is 0 Å². The summed E-state index contributed by atoms with van der Waals surface area (Å²) in [5, 5.41) is 11.6. The fraction of sp³-hybridized carbons (Fsp3) is 0.438. The topological polar surface area (TPSA) is 52.6 Å². The van der Waals surface area contributed by atoms with Crippen LogP contribution in [0.25, 0.3) is 0 Å². The van der Waals surface area contributed by atoms with E-state index in [1.807, 2.05) is 24.3 Å². The van der Waals surface area contributed by atoms with Gasteiger partial charge in [0.05, 0.1) is 0 Å². The summed E-state index contributed by atoms with van der Waals surface area (Å²) < 4.78 is 0. The molecule has 0 spiro atoms. The summed E-state index contributed by atoms with van der Waals surface area (Å²) in [5.74, 6) is 5.54. The number of benzene rings is 1. The van der Waals surface area contributed by atoms with Gasteiger partial charge in [-0.3, -0.25) is 0 Å². The van der Waals surface area contributed by atoms with Crippen molar-refractivity contribution in [1.82, 2.24) is 10.2 Å². The molecule has 2 N–H and O–H groups in total. The van der Waals surface area contributed by atoms with Crippen LogP contribution in [0.3, 0.4) is 0 Å². The van der Waals surface area contributed by atoms with Crippen LogP contribution in [0.5, 0.6) is 0 Å². The zero-order chi connectivity index (χ0) is 14.8. The van der Waals surface area contributed by atoms with Gasteiger partial charge in [0, 0.05) is 25.7 Å². The van der Waals surface area contributed by atoms with Gasteiger partial charge in [0.25, 0.3) is 0 Å². The van der Waals surface area contributed by atoms with Gasteiger partial charge in [-0.1, -0.05) is 43.4 Å². The Labute approximate surface area is 120 Å². The minimum Gasteiger partial charge on any atom is -0.384 e. The number of unbranched alkanes of at least 4 members (excludes halogenated alkanes) is 1. The van der Waals surface area contributed by atoms with Gasteiger partial charge in [-0.05, 0) is 18.1 Å². The Morgan fingerprint density at radius 1 is 1.40 bits per heavy atom. The number of hydrogen-bond acceptors (Lipinski definition) is 2. The molecule has 108 valence electrons. The first kappa shape index (κ1) is 16.1. The molecule has 1 aromatic rings. The molecule has 1 aromatic carbocycles. The predicted molar refractivity (Wildman–Crippen MR) is 80.2 cm³/mol. The molecule has 0 aliphatic heterocycles. The average Bonchev–Trinajstić information content (AvgIpc) is 2.46. The Morgan fingerprint density at radius 3 is 2.85 bits per heavy atom. The highest BCUT2D eigenvalue weighted by Crippen LogP contribution is 2.10. The standard InChI is InChI=1S/C16H22N2O2/c1-3-4-11-17-16(20)18(2)13-15-9-6-5-8-14(15)10-7-12-19/h5-6,8-9,19H,3-4,11-13H2,1-2H3,(H,17,20). The van der Waals surface area contributed by atoms with Crippen LogP contribution in [0.4, 0.5) is 4.79 Å². The van der Waals surface area contributed by atoms with E-state index in [4.69, 9.17) is 5.11 Å². The highest BCUT2D eigenvalue weighted by atomic mass is 16.2. The fourth-order valence-electron chi connectivity index (χ4n) is 1.75. The Morgan fingerprint density at radius 2 is 2.15 bits per heavy atom. The molecule has 0 bridgehead atoms. The number of rotatable bonds is 5. The fourth-order valence-corrected chi connectivity index (χ4v) is 1.75. The highest BCUT2D eigenvalue weighted by Gasteiger charge is 2.09. The van der Waals surface area contributed by atoms with Gasteiger partial charge >= 0.3 is 6.03 Å². The van der Waals surface area contributed by atoms with E-state index in [0.29, 0.717) is 13.1 Å². The number of carbonyl (C=O) groups excluding carboxylic acids is 1. The van der Waals surface area contributed by atoms with Crippen LogP contribution in [-0.2, 0) is 6.54 Å². The summed E-state index contributed by atoms with van der Waals surface area (Å²) in [7, 11) is 1.76. The molecule has 0 aliphatic carbocycles. The number of carbonyl (C=O) groups is 1. The Bertz CT molecular complexity index is 489. The lowest BCUT2D eigenvalue weighted by atomic mass is 10.1. The second-order valence-corrected chi connectivity index (χ2v) is 4.56. The second-order valence-electron chi connectivity index (χ2n) is 4.56. The van der Waals surface area contributed by atoms with E-state index in [1.54, 1.807) is 11.9 Å². The molecule has 20 heavy (non-hydrogen) atoms. The maximum absolute atomic E-state index is 11.9. The van der Waals surface area contributed by atoms with Crippen molar-refractivity contribution in [2.45, 2.75) is 26.3 Å². The summed E-state index contributed by atoms with van der Waals surface area (Å²) in [6, 6.07) is 7.57. The molecular formula is C16H22N2O2. The second kappa shape index (κ2) is 9.00. The largest absolute Gasteiger partial charge is 0.384 e. The number of aliphatic hydroxyl groups is 1. The van der Waals surface area contributed by atoms with E-state index in [9.17, 15) is 4.79 Å². The maximum Gasteiger partial charge on any atom is 0.317 e. The average molecular weight is 274 g/mol. The molecule has 0 heterocycles. The molecule has 0 aliphatic rings. The van der Waals surface area contributed by atoms with Gasteiger partial charge in [-0.15, -0.1) is 0 Å². The molecule has 0 unspecified atom stereocenters. The molecule has 0 saturated carbocycles. The summed E-state index contributed by atoms with van der Waals surface area (Å²) in [4.78, 5) is 13.5. The zero-order valence-electron chi connectivity index (χ0n) is 12.1. The number of aliphatic hydroxyl groups excluding tert-OH is 1. The van der Waals surface area contributed by atoms with E-state index in [-0.39, 0.29) is 12.6 Å². The van der Waals surface area contributed by atoms with Gasteiger partial charge < -0.3 is 15.3 Å². The number of hydrogen-bond donors (Lipinski definition) is 2. The van der Waals surface area contributed by atoms with Crippen LogP contribution in [0.1, 0.15) is 30.9 Å². The third-order valence-corrected chi connectivity index (χ3v) is 2.88. The molecule has 0 aromatic heterocycles. The lowest BCUT2D eigenvalue weighted by molar-refractivity contribution is 0.206. The van der Waals surface area contributed by atoms with Crippen molar-refractivity contribution in [3.05, 3.63) is 35.4 Å². The molecule has 0 radical (unpaired) electrons. The van der Waals surface area contributed by atoms with Crippen molar-refractivity contribution >= 4 is 6.03 Å². The highest BCUT2D eigenvalue weighted by molar-refractivity contribution is 5.73. The molecule has 4 nitrogen and oxygen atoms in total. The van der Waals surface area contributed by atoms with Gasteiger partial charge in [-0.25, -0.2) is 4.79 Å². The van der Waals surface area contributed by atoms with E-state index >= 15 is 0 Å². The van der Waals surface area contributed by atoms with Gasteiger partial charge in [0.15, 0.2) is 0 Å². The van der Waals surface area contributed by atoms with Crippen molar-refractivity contribution in [2.75, 3.05) is 20.2 Å². The van der Waals surface area contributed by atoms with Crippen LogP contribution in [0.2, 0.25) is 0 Å². The maximum atomic E-state index is 11.9. The number of urea groups is 1. The van der Waals surface area contributed by atoms with Crippen LogP contribution < -0.4 is 5.32 Å². The third kappa shape index (κ3) is 5.33. The Hall–Kier alpha value is -1.99. The Kier molecular flexibility index (Phi) is 7.23. The third-order valence-electron chi connectivity index (χ3n) is 2.88. The van der Waals surface area contributed by atoms with Crippen LogP contribution >= 0.6 is 0 Å². The van der Waals surface area contributed by atoms with Crippen LogP contribution in [-0.4, -0.2) is 36.2 Å². The monoisotopic (exact) mass is 274 g/mol.